The number of nitrogens with one attached hydrogen (secondary N) is 1. The summed E-state index contributed by atoms with van der Waals surface area (Å²) in [6, 6.07) is 5.49. The second kappa shape index (κ2) is 4.41. The first-order chi connectivity index (χ1) is 8.61. The molecule has 2 heterocycles. The van der Waals surface area contributed by atoms with Crippen molar-refractivity contribution in [2.24, 2.45) is 5.92 Å². The molecular weight excluding hydrogens is 250 g/mol. The van der Waals surface area contributed by atoms with Crippen LogP contribution in [0.1, 0.15) is 31.4 Å². The molecule has 1 fully saturated rings. The quantitative estimate of drug-likeness (QED) is 0.759. The zero-order chi connectivity index (χ0) is 12.8. The Bertz CT molecular complexity index is 465. The van der Waals surface area contributed by atoms with Crippen LogP contribution in [0.3, 0.4) is 0 Å². The Morgan fingerprint density at radius 3 is 3.11 bits per heavy atom. The standard InChI is InChI=1S/C14H18ClNO2/c1-9-8-16-5-4-14(9)7-12(17)11-6-10(15)2-3-13(11)18-14/h2-3,6,9,12,16-17H,4-5,7-8H2,1H3. The molecule has 4 heteroatoms. The van der Waals surface area contributed by atoms with Crippen molar-refractivity contribution in [2.75, 3.05) is 13.1 Å². The van der Waals surface area contributed by atoms with Crippen molar-refractivity contribution in [1.29, 1.82) is 0 Å². The van der Waals surface area contributed by atoms with E-state index >= 15 is 0 Å². The third-order valence-corrected chi connectivity index (χ3v) is 4.49. The maximum Gasteiger partial charge on any atom is 0.126 e. The average Bonchev–Trinajstić information content (AvgIpc) is 2.34. The van der Waals surface area contributed by atoms with Crippen LogP contribution in [0.15, 0.2) is 18.2 Å². The number of hydrogen-bond donors (Lipinski definition) is 2. The summed E-state index contributed by atoms with van der Waals surface area (Å²) < 4.78 is 6.24. The van der Waals surface area contributed by atoms with Gasteiger partial charge >= 0.3 is 0 Å². The van der Waals surface area contributed by atoms with E-state index in [9.17, 15) is 5.11 Å². The molecule has 2 N–H and O–H groups in total. The van der Waals surface area contributed by atoms with Crippen LogP contribution in [0.25, 0.3) is 0 Å². The predicted octanol–water partition coefficient (Wildman–Crippen LogP) is 2.52. The van der Waals surface area contributed by atoms with Gasteiger partial charge in [-0.3, -0.25) is 0 Å². The van der Waals surface area contributed by atoms with Gasteiger partial charge in [-0.25, -0.2) is 0 Å². The van der Waals surface area contributed by atoms with E-state index < -0.39 is 6.10 Å². The van der Waals surface area contributed by atoms with Gasteiger partial charge in [0.05, 0.1) is 6.10 Å². The SMILES string of the molecule is CC1CNCCC12CC(O)c1cc(Cl)ccc1O2. The Labute approximate surface area is 112 Å². The van der Waals surface area contributed by atoms with Crippen molar-refractivity contribution in [2.45, 2.75) is 31.5 Å². The van der Waals surface area contributed by atoms with Gasteiger partial charge in [0.1, 0.15) is 11.4 Å². The number of benzene rings is 1. The molecule has 0 bridgehead atoms. The lowest BCUT2D eigenvalue weighted by Crippen LogP contribution is -2.55. The average molecular weight is 268 g/mol. The van der Waals surface area contributed by atoms with Crippen molar-refractivity contribution in [1.82, 2.24) is 5.32 Å². The normalized spacial score (nSPS) is 35.1. The summed E-state index contributed by atoms with van der Waals surface area (Å²) in [4.78, 5) is 0. The fraction of sp³-hybridized carbons (Fsp3) is 0.571. The second-order valence-electron chi connectivity index (χ2n) is 5.42. The van der Waals surface area contributed by atoms with Crippen LogP contribution in [0, 0.1) is 5.92 Å². The molecule has 0 aromatic heterocycles. The first kappa shape index (κ1) is 12.3. The zero-order valence-corrected chi connectivity index (χ0v) is 11.2. The lowest BCUT2D eigenvalue weighted by atomic mass is 9.76. The van der Waals surface area contributed by atoms with Gasteiger partial charge in [-0.2, -0.15) is 0 Å². The highest BCUT2D eigenvalue weighted by atomic mass is 35.5. The predicted molar refractivity (Wildman–Crippen MR) is 71.0 cm³/mol. The maximum absolute atomic E-state index is 10.4. The molecule has 1 saturated heterocycles. The van der Waals surface area contributed by atoms with E-state index in [4.69, 9.17) is 16.3 Å². The molecule has 98 valence electrons. The molecule has 0 amide bonds. The molecule has 1 aromatic rings. The van der Waals surface area contributed by atoms with Crippen LogP contribution in [-0.2, 0) is 0 Å². The number of piperidine rings is 1. The first-order valence-corrected chi connectivity index (χ1v) is 6.86. The number of hydrogen-bond acceptors (Lipinski definition) is 3. The topological polar surface area (TPSA) is 41.5 Å². The summed E-state index contributed by atoms with van der Waals surface area (Å²) in [7, 11) is 0. The van der Waals surface area contributed by atoms with Crippen LogP contribution < -0.4 is 10.1 Å². The molecule has 0 aliphatic carbocycles. The Morgan fingerprint density at radius 2 is 2.33 bits per heavy atom. The largest absolute Gasteiger partial charge is 0.486 e. The fourth-order valence-electron chi connectivity index (χ4n) is 3.08. The molecular formula is C14H18ClNO2. The van der Waals surface area contributed by atoms with Gasteiger partial charge in [-0.05, 0) is 31.2 Å². The summed E-state index contributed by atoms with van der Waals surface area (Å²) >= 11 is 5.97. The summed E-state index contributed by atoms with van der Waals surface area (Å²) in [6.07, 6.45) is 1.12. The van der Waals surface area contributed by atoms with Crippen LogP contribution >= 0.6 is 11.6 Å². The number of aliphatic hydroxyl groups is 1. The smallest absolute Gasteiger partial charge is 0.126 e. The van der Waals surface area contributed by atoms with Gasteiger partial charge < -0.3 is 15.2 Å². The lowest BCUT2D eigenvalue weighted by molar-refractivity contribution is -0.0659. The van der Waals surface area contributed by atoms with E-state index in [0.29, 0.717) is 17.4 Å². The molecule has 0 radical (unpaired) electrons. The second-order valence-corrected chi connectivity index (χ2v) is 5.86. The highest BCUT2D eigenvalue weighted by molar-refractivity contribution is 6.30. The van der Waals surface area contributed by atoms with Crippen molar-refractivity contribution >= 4 is 11.6 Å². The summed E-state index contributed by atoms with van der Waals surface area (Å²) in [5.41, 5.74) is 0.588. The minimum Gasteiger partial charge on any atom is -0.486 e. The van der Waals surface area contributed by atoms with Crippen LogP contribution in [0.4, 0.5) is 0 Å². The number of ether oxygens (including phenoxy) is 1. The number of halogens is 1. The van der Waals surface area contributed by atoms with Gasteiger partial charge in [-0.15, -0.1) is 0 Å². The first-order valence-electron chi connectivity index (χ1n) is 6.48. The minimum atomic E-state index is -0.479. The Morgan fingerprint density at radius 1 is 1.50 bits per heavy atom. The molecule has 18 heavy (non-hydrogen) atoms. The Kier molecular flexibility index (Phi) is 3.00. The zero-order valence-electron chi connectivity index (χ0n) is 10.4. The van der Waals surface area contributed by atoms with E-state index in [2.05, 4.69) is 12.2 Å². The van der Waals surface area contributed by atoms with Crippen LogP contribution in [0.2, 0.25) is 5.02 Å². The molecule has 3 rings (SSSR count). The van der Waals surface area contributed by atoms with E-state index in [-0.39, 0.29) is 5.60 Å². The van der Waals surface area contributed by atoms with Gasteiger partial charge in [0.25, 0.3) is 0 Å². The molecule has 0 saturated carbocycles. The van der Waals surface area contributed by atoms with Crippen molar-refractivity contribution in [3.63, 3.8) is 0 Å². The van der Waals surface area contributed by atoms with Crippen molar-refractivity contribution < 1.29 is 9.84 Å². The molecule has 3 atom stereocenters. The number of rotatable bonds is 0. The van der Waals surface area contributed by atoms with Gasteiger partial charge in [0.2, 0.25) is 0 Å². The Hall–Kier alpha value is -0.770. The van der Waals surface area contributed by atoms with E-state index in [1.807, 2.05) is 12.1 Å². The highest BCUT2D eigenvalue weighted by Crippen LogP contribution is 2.45. The molecule has 2 aliphatic heterocycles. The lowest BCUT2D eigenvalue weighted by Gasteiger charge is -2.47. The number of fused-ring (bicyclic) bond motifs is 1. The van der Waals surface area contributed by atoms with E-state index in [0.717, 1.165) is 30.8 Å². The third kappa shape index (κ3) is 1.91. The van der Waals surface area contributed by atoms with Gasteiger partial charge in [0.15, 0.2) is 0 Å². The van der Waals surface area contributed by atoms with E-state index in [1.165, 1.54) is 0 Å². The van der Waals surface area contributed by atoms with Crippen molar-refractivity contribution in [3.05, 3.63) is 28.8 Å². The fourth-order valence-corrected chi connectivity index (χ4v) is 3.26. The van der Waals surface area contributed by atoms with Gasteiger partial charge in [-0.1, -0.05) is 18.5 Å². The summed E-state index contributed by atoms with van der Waals surface area (Å²) in [5, 5.41) is 14.4. The summed E-state index contributed by atoms with van der Waals surface area (Å²) in [5.74, 6) is 1.18. The maximum atomic E-state index is 10.4. The molecule has 2 aliphatic rings. The monoisotopic (exact) mass is 267 g/mol. The molecule has 3 unspecified atom stereocenters. The Balaban J connectivity index is 1.98. The minimum absolute atomic E-state index is 0.231. The molecule has 3 nitrogen and oxygen atoms in total. The summed E-state index contributed by atoms with van der Waals surface area (Å²) in [6.45, 7) is 4.06. The molecule has 1 aromatic carbocycles. The third-order valence-electron chi connectivity index (χ3n) is 4.26. The van der Waals surface area contributed by atoms with Crippen molar-refractivity contribution in [3.8, 4) is 5.75 Å². The van der Waals surface area contributed by atoms with Crippen LogP contribution in [-0.4, -0.2) is 23.8 Å². The highest BCUT2D eigenvalue weighted by Gasteiger charge is 2.45. The van der Waals surface area contributed by atoms with Gasteiger partial charge in [0, 0.05) is 29.5 Å². The van der Waals surface area contributed by atoms with Crippen LogP contribution in [0.5, 0.6) is 5.75 Å². The molecule has 1 spiro atoms. The number of aliphatic hydroxyl groups excluding tert-OH is 1. The van der Waals surface area contributed by atoms with E-state index in [1.54, 1.807) is 6.07 Å².